The number of nitrogens with one attached hydrogen (secondary N) is 2. The lowest BCUT2D eigenvalue weighted by Gasteiger charge is -2.13. The van der Waals surface area contributed by atoms with Crippen LogP contribution in [0, 0.1) is 11.6 Å². The van der Waals surface area contributed by atoms with E-state index in [9.17, 15) is 8.78 Å². The average molecular weight is 343 g/mol. The van der Waals surface area contributed by atoms with Crippen molar-refractivity contribution in [3.05, 3.63) is 29.8 Å². The van der Waals surface area contributed by atoms with Crippen molar-refractivity contribution in [2.24, 2.45) is 4.99 Å². The number of thioether (sulfide) groups is 1. The SMILES string of the molecule is CCNC(=NCC1CCCS1)NCCOc1ccc(F)c(F)c1. The molecule has 1 aliphatic rings. The second kappa shape index (κ2) is 9.60. The molecular formula is C16H23F2N3OS. The number of nitrogens with zero attached hydrogens (tertiary/aromatic N) is 1. The average Bonchev–Trinajstić information content (AvgIpc) is 3.06. The van der Waals surface area contributed by atoms with E-state index in [0.717, 1.165) is 31.2 Å². The largest absolute Gasteiger partial charge is 0.492 e. The number of rotatable bonds is 7. The van der Waals surface area contributed by atoms with Gasteiger partial charge in [0.2, 0.25) is 0 Å². The van der Waals surface area contributed by atoms with Crippen LogP contribution in [0.25, 0.3) is 0 Å². The molecule has 1 fully saturated rings. The maximum atomic E-state index is 13.1. The van der Waals surface area contributed by atoms with E-state index in [4.69, 9.17) is 4.74 Å². The fourth-order valence-corrected chi connectivity index (χ4v) is 3.41. The summed E-state index contributed by atoms with van der Waals surface area (Å²) in [6.45, 7) is 4.48. The van der Waals surface area contributed by atoms with Gasteiger partial charge in [0.15, 0.2) is 17.6 Å². The number of guanidine groups is 1. The highest BCUT2D eigenvalue weighted by atomic mass is 32.2. The third-order valence-corrected chi connectivity index (χ3v) is 4.76. The molecule has 1 unspecified atom stereocenters. The molecule has 1 saturated heterocycles. The molecular weight excluding hydrogens is 320 g/mol. The first kappa shape index (κ1) is 17.8. The molecule has 1 atom stereocenters. The third kappa shape index (κ3) is 6.25. The van der Waals surface area contributed by atoms with Crippen LogP contribution in [-0.4, -0.2) is 43.2 Å². The van der Waals surface area contributed by atoms with Crippen LogP contribution in [0.4, 0.5) is 8.78 Å². The van der Waals surface area contributed by atoms with Gasteiger partial charge in [-0.15, -0.1) is 0 Å². The van der Waals surface area contributed by atoms with Crippen LogP contribution in [0.15, 0.2) is 23.2 Å². The molecule has 0 radical (unpaired) electrons. The minimum Gasteiger partial charge on any atom is -0.492 e. The Bertz CT molecular complexity index is 522. The Morgan fingerprint density at radius 1 is 1.35 bits per heavy atom. The summed E-state index contributed by atoms with van der Waals surface area (Å²) in [5.74, 6) is 0.525. The molecule has 1 aromatic carbocycles. The Hall–Kier alpha value is -1.50. The van der Waals surface area contributed by atoms with Crippen LogP contribution < -0.4 is 15.4 Å². The maximum absolute atomic E-state index is 13.1. The van der Waals surface area contributed by atoms with Crippen LogP contribution in [0.1, 0.15) is 19.8 Å². The summed E-state index contributed by atoms with van der Waals surface area (Å²) in [4.78, 5) is 4.57. The van der Waals surface area contributed by atoms with E-state index in [1.165, 1.54) is 24.7 Å². The highest BCUT2D eigenvalue weighted by Gasteiger charge is 2.14. The van der Waals surface area contributed by atoms with Gasteiger partial charge in [-0.3, -0.25) is 4.99 Å². The second-order valence-electron chi connectivity index (χ2n) is 5.21. The molecule has 0 aliphatic carbocycles. The number of hydrogen-bond donors (Lipinski definition) is 2. The van der Waals surface area contributed by atoms with Crippen LogP contribution in [0.2, 0.25) is 0 Å². The summed E-state index contributed by atoms with van der Waals surface area (Å²) < 4.78 is 31.3. The summed E-state index contributed by atoms with van der Waals surface area (Å²) in [6.07, 6.45) is 2.50. The molecule has 0 bridgehead atoms. The maximum Gasteiger partial charge on any atom is 0.191 e. The first-order chi connectivity index (χ1) is 11.2. The Morgan fingerprint density at radius 3 is 2.91 bits per heavy atom. The quantitative estimate of drug-likeness (QED) is 0.454. The van der Waals surface area contributed by atoms with Gasteiger partial charge in [-0.25, -0.2) is 8.78 Å². The lowest BCUT2D eigenvalue weighted by atomic mass is 10.2. The van der Waals surface area contributed by atoms with Crippen LogP contribution in [0.5, 0.6) is 5.75 Å². The summed E-state index contributed by atoms with van der Waals surface area (Å²) in [5, 5.41) is 6.98. The van der Waals surface area contributed by atoms with Crippen molar-refractivity contribution < 1.29 is 13.5 Å². The predicted octanol–water partition coefficient (Wildman–Crippen LogP) is 2.79. The Morgan fingerprint density at radius 2 is 2.22 bits per heavy atom. The van der Waals surface area contributed by atoms with Crippen molar-refractivity contribution in [1.82, 2.24) is 10.6 Å². The predicted molar refractivity (Wildman–Crippen MR) is 91.3 cm³/mol. The molecule has 0 saturated carbocycles. The molecule has 1 aromatic rings. The summed E-state index contributed by atoms with van der Waals surface area (Å²) in [7, 11) is 0. The standard InChI is InChI=1S/C16H23F2N3OS/c1-2-19-16(21-11-13-4-3-9-23-13)20-7-8-22-12-5-6-14(17)15(18)10-12/h5-6,10,13H,2-4,7-9,11H2,1H3,(H2,19,20,21). The van der Waals surface area contributed by atoms with E-state index >= 15 is 0 Å². The Kier molecular flexibility index (Phi) is 7.45. The molecule has 0 spiro atoms. The smallest absolute Gasteiger partial charge is 0.191 e. The van der Waals surface area contributed by atoms with Crippen molar-refractivity contribution >= 4 is 17.7 Å². The molecule has 128 valence electrons. The lowest BCUT2D eigenvalue weighted by molar-refractivity contribution is 0.318. The van der Waals surface area contributed by atoms with Crippen molar-refractivity contribution in [2.45, 2.75) is 25.0 Å². The van der Waals surface area contributed by atoms with Crippen LogP contribution in [0.3, 0.4) is 0 Å². The van der Waals surface area contributed by atoms with Crippen molar-refractivity contribution in [3.63, 3.8) is 0 Å². The highest BCUT2D eigenvalue weighted by Crippen LogP contribution is 2.25. The van der Waals surface area contributed by atoms with Gasteiger partial charge in [-0.2, -0.15) is 11.8 Å². The molecule has 23 heavy (non-hydrogen) atoms. The zero-order valence-electron chi connectivity index (χ0n) is 13.3. The first-order valence-corrected chi connectivity index (χ1v) is 8.95. The Labute approximate surface area is 140 Å². The second-order valence-corrected chi connectivity index (χ2v) is 6.61. The van der Waals surface area contributed by atoms with Crippen molar-refractivity contribution in [2.75, 3.05) is 32.0 Å². The van der Waals surface area contributed by atoms with E-state index in [0.29, 0.717) is 24.2 Å². The number of ether oxygens (including phenoxy) is 1. The highest BCUT2D eigenvalue weighted by molar-refractivity contribution is 8.00. The topological polar surface area (TPSA) is 45.7 Å². The van der Waals surface area contributed by atoms with Crippen LogP contribution in [-0.2, 0) is 0 Å². The van der Waals surface area contributed by atoms with E-state index in [2.05, 4.69) is 15.6 Å². The minimum absolute atomic E-state index is 0.315. The molecule has 1 heterocycles. The van der Waals surface area contributed by atoms with Crippen molar-refractivity contribution in [1.29, 1.82) is 0 Å². The van der Waals surface area contributed by atoms with Gasteiger partial charge in [0.1, 0.15) is 12.4 Å². The first-order valence-electron chi connectivity index (χ1n) is 7.90. The van der Waals surface area contributed by atoms with E-state index < -0.39 is 11.6 Å². The lowest BCUT2D eigenvalue weighted by Crippen LogP contribution is -2.39. The van der Waals surface area contributed by atoms with Gasteiger partial charge < -0.3 is 15.4 Å². The number of aliphatic imine (C=N–C) groups is 1. The summed E-state index contributed by atoms with van der Waals surface area (Å²) in [5.41, 5.74) is 0. The number of hydrogen-bond acceptors (Lipinski definition) is 3. The zero-order valence-corrected chi connectivity index (χ0v) is 14.1. The minimum atomic E-state index is -0.903. The van der Waals surface area contributed by atoms with Crippen LogP contribution >= 0.6 is 11.8 Å². The van der Waals surface area contributed by atoms with E-state index in [1.54, 1.807) is 0 Å². The van der Waals surface area contributed by atoms with E-state index in [1.807, 2.05) is 18.7 Å². The third-order valence-electron chi connectivity index (χ3n) is 3.38. The molecule has 7 heteroatoms. The molecule has 0 aromatic heterocycles. The summed E-state index contributed by atoms with van der Waals surface area (Å²) >= 11 is 1.98. The van der Waals surface area contributed by atoms with Gasteiger partial charge in [0.25, 0.3) is 0 Å². The zero-order chi connectivity index (χ0) is 16.5. The molecule has 4 nitrogen and oxygen atoms in total. The Balaban J connectivity index is 1.72. The van der Waals surface area contributed by atoms with Gasteiger partial charge in [-0.05, 0) is 37.7 Å². The fourth-order valence-electron chi connectivity index (χ4n) is 2.23. The molecule has 2 N–H and O–H groups in total. The number of halogens is 2. The molecule has 1 aliphatic heterocycles. The van der Waals surface area contributed by atoms with E-state index in [-0.39, 0.29) is 0 Å². The van der Waals surface area contributed by atoms with Gasteiger partial charge >= 0.3 is 0 Å². The number of benzene rings is 1. The molecule has 0 amide bonds. The normalized spacial score (nSPS) is 18.0. The fraction of sp³-hybridized carbons (Fsp3) is 0.562. The van der Waals surface area contributed by atoms with Gasteiger partial charge in [0, 0.05) is 17.9 Å². The molecule has 2 rings (SSSR count). The van der Waals surface area contributed by atoms with Gasteiger partial charge in [-0.1, -0.05) is 0 Å². The summed E-state index contributed by atoms with van der Waals surface area (Å²) in [6, 6.07) is 3.52. The van der Waals surface area contributed by atoms with Crippen molar-refractivity contribution in [3.8, 4) is 5.75 Å². The van der Waals surface area contributed by atoms with Gasteiger partial charge in [0.05, 0.1) is 13.1 Å². The monoisotopic (exact) mass is 343 g/mol.